The van der Waals surface area contributed by atoms with E-state index in [1.54, 1.807) is 41.4 Å². The SMILES string of the molecule is NCc1cc(C(=O)N2CCN(c3ccccc3[N+](=O)[O-])CC2)ccn1. The average molecular weight is 341 g/mol. The molecule has 0 bridgehead atoms. The third-order valence-corrected chi connectivity index (χ3v) is 4.26. The molecular formula is C17H19N5O3. The molecule has 25 heavy (non-hydrogen) atoms. The molecule has 2 aromatic rings. The van der Waals surface area contributed by atoms with Crippen LogP contribution in [-0.4, -0.2) is 46.9 Å². The number of nitrogens with zero attached hydrogens (tertiary/aromatic N) is 4. The van der Waals surface area contributed by atoms with Crippen LogP contribution in [0.15, 0.2) is 42.6 Å². The van der Waals surface area contributed by atoms with Crippen molar-refractivity contribution in [3.8, 4) is 0 Å². The first-order chi connectivity index (χ1) is 12.1. The number of benzene rings is 1. The number of pyridine rings is 1. The molecule has 0 radical (unpaired) electrons. The highest BCUT2D eigenvalue weighted by atomic mass is 16.6. The quantitative estimate of drug-likeness (QED) is 0.666. The molecule has 1 saturated heterocycles. The van der Waals surface area contributed by atoms with E-state index in [2.05, 4.69) is 4.98 Å². The van der Waals surface area contributed by atoms with Gasteiger partial charge in [0.25, 0.3) is 11.6 Å². The van der Waals surface area contributed by atoms with Crippen LogP contribution < -0.4 is 10.6 Å². The largest absolute Gasteiger partial charge is 0.362 e. The molecule has 0 unspecified atom stereocenters. The van der Waals surface area contributed by atoms with Gasteiger partial charge in [-0.25, -0.2) is 0 Å². The van der Waals surface area contributed by atoms with Crippen molar-refractivity contribution < 1.29 is 9.72 Å². The molecule has 0 saturated carbocycles. The summed E-state index contributed by atoms with van der Waals surface area (Å²) in [6.45, 7) is 2.39. The van der Waals surface area contributed by atoms with E-state index in [4.69, 9.17) is 5.73 Å². The summed E-state index contributed by atoms with van der Waals surface area (Å²) in [7, 11) is 0. The third-order valence-electron chi connectivity index (χ3n) is 4.26. The molecule has 1 aliphatic heterocycles. The topological polar surface area (TPSA) is 106 Å². The lowest BCUT2D eigenvalue weighted by Gasteiger charge is -2.35. The van der Waals surface area contributed by atoms with E-state index < -0.39 is 0 Å². The minimum absolute atomic E-state index is 0.0701. The molecule has 8 nitrogen and oxygen atoms in total. The van der Waals surface area contributed by atoms with Gasteiger partial charge in [0, 0.05) is 50.6 Å². The number of para-hydroxylation sites is 2. The van der Waals surface area contributed by atoms with Crippen molar-refractivity contribution in [1.82, 2.24) is 9.88 Å². The summed E-state index contributed by atoms with van der Waals surface area (Å²) in [6.07, 6.45) is 1.58. The van der Waals surface area contributed by atoms with Gasteiger partial charge in [-0.15, -0.1) is 0 Å². The van der Waals surface area contributed by atoms with Crippen LogP contribution in [0.5, 0.6) is 0 Å². The number of rotatable bonds is 4. The zero-order valence-corrected chi connectivity index (χ0v) is 13.7. The maximum absolute atomic E-state index is 12.6. The number of aromatic nitrogens is 1. The number of nitro benzene ring substituents is 1. The van der Waals surface area contributed by atoms with E-state index in [0.717, 1.165) is 0 Å². The summed E-state index contributed by atoms with van der Waals surface area (Å²) < 4.78 is 0. The lowest BCUT2D eigenvalue weighted by molar-refractivity contribution is -0.384. The van der Waals surface area contributed by atoms with Crippen LogP contribution in [-0.2, 0) is 6.54 Å². The Labute approximate surface area is 145 Å². The molecule has 1 amide bonds. The Hall–Kier alpha value is -3.00. The minimum Gasteiger partial charge on any atom is -0.362 e. The zero-order valence-electron chi connectivity index (χ0n) is 13.7. The number of amides is 1. The first kappa shape index (κ1) is 16.8. The fraction of sp³-hybridized carbons (Fsp3) is 0.294. The maximum atomic E-state index is 12.6. The number of anilines is 1. The average Bonchev–Trinajstić information content (AvgIpc) is 2.67. The lowest BCUT2D eigenvalue weighted by Crippen LogP contribution is -2.49. The number of hydrogen-bond acceptors (Lipinski definition) is 6. The second-order valence-electron chi connectivity index (χ2n) is 5.77. The summed E-state index contributed by atoms with van der Waals surface area (Å²) in [6, 6.07) is 10.1. The molecule has 1 aliphatic rings. The molecule has 0 aliphatic carbocycles. The predicted octanol–water partition coefficient (Wildman–Crippen LogP) is 1.41. The Balaban J connectivity index is 1.70. The number of nitro groups is 1. The van der Waals surface area contributed by atoms with Gasteiger partial charge in [0.2, 0.25) is 0 Å². The Kier molecular flexibility index (Phi) is 4.90. The van der Waals surface area contributed by atoms with Gasteiger partial charge in [0.1, 0.15) is 5.69 Å². The van der Waals surface area contributed by atoms with E-state index in [9.17, 15) is 14.9 Å². The summed E-state index contributed by atoms with van der Waals surface area (Å²) in [5, 5.41) is 11.2. The highest BCUT2D eigenvalue weighted by Crippen LogP contribution is 2.28. The van der Waals surface area contributed by atoms with E-state index in [0.29, 0.717) is 43.1 Å². The minimum atomic E-state index is -0.377. The Morgan fingerprint density at radius 2 is 1.92 bits per heavy atom. The zero-order chi connectivity index (χ0) is 17.8. The molecule has 0 spiro atoms. The van der Waals surface area contributed by atoms with Gasteiger partial charge in [0.05, 0.1) is 10.6 Å². The Bertz CT molecular complexity index is 787. The number of nitrogens with two attached hydrogens (primary N) is 1. The van der Waals surface area contributed by atoms with Crippen molar-refractivity contribution in [2.45, 2.75) is 6.54 Å². The van der Waals surface area contributed by atoms with Gasteiger partial charge in [-0.05, 0) is 18.2 Å². The van der Waals surface area contributed by atoms with Crippen LogP contribution >= 0.6 is 0 Å². The van der Waals surface area contributed by atoms with Crippen molar-refractivity contribution in [3.05, 3.63) is 64.0 Å². The van der Waals surface area contributed by atoms with Gasteiger partial charge >= 0.3 is 0 Å². The Morgan fingerprint density at radius 3 is 2.60 bits per heavy atom. The van der Waals surface area contributed by atoms with Crippen LogP contribution in [0.3, 0.4) is 0 Å². The second-order valence-corrected chi connectivity index (χ2v) is 5.77. The van der Waals surface area contributed by atoms with Crippen molar-refractivity contribution in [3.63, 3.8) is 0 Å². The second kappa shape index (κ2) is 7.27. The van der Waals surface area contributed by atoms with Gasteiger partial charge < -0.3 is 15.5 Å². The number of hydrogen-bond donors (Lipinski definition) is 1. The number of carbonyl (C=O) groups excluding carboxylic acids is 1. The number of carbonyl (C=O) groups is 1. The van der Waals surface area contributed by atoms with Crippen molar-refractivity contribution in [2.24, 2.45) is 5.73 Å². The van der Waals surface area contributed by atoms with Crippen molar-refractivity contribution in [2.75, 3.05) is 31.1 Å². The summed E-state index contributed by atoms with van der Waals surface area (Å²) in [5.74, 6) is -0.0701. The van der Waals surface area contributed by atoms with E-state index in [1.165, 1.54) is 6.07 Å². The number of piperazine rings is 1. The van der Waals surface area contributed by atoms with E-state index in [-0.39, 0.29) is 23.1 Å². The van der Waals surface area contributed by atoms with E-state index in [1.807, 2.05) is 4.90 Å². The first-order valence-electron chi connectivity index (χ1n) is 8.03. The molecule has 1 aromatic heterocycles. The van der Waals surface area contributed by atoms with Gasteiger partial charge in [-0.3, -0.25) is 19.9 Å². The van der Waals surface area contributed by atoms with Gasteiger partial charge in [0.15, 0.2) is 0 Å². The molecule has 2 N–H and O–H groups in total. The molecule has 8 heteroatoms. The molecular weight excluding hydrogens is 322 g/mol. The Morgan fingerprint density at radius 1 is 1.20 bits per heavy atom. The standard InChI is InChI=1S/C17H19N5O3/c18-12-14-11-13(5-6-19-14)17(23)21-9-7-20(8-10-21)15-3-1-2-4-16(15)22(24)25/h1-6,11H,7-10,12,18H2. The van der Waals surface area contributed by atoms with Crippen LogP contribution in [0.2, 0.25) is 0 Å². The first-order valence-corrected chi connectivity index (χ1v) is 8.03. The third kappa shape index (κ3) is 3.58. The van der Waals surface area contributed by atoms with Crippen molar-refractivity contribution >= 4 is 17.3 Å². The van der Waals surface area contributed by atoms with Gasteiger partial charge in [-0.1, -0.05) is 12.1 Å². The van der Waals surface area contributed by atoms with Crippen molar-refractivity contribution in [1.29, 1.82) is 0 Å². The molecule has 2 heterocycles. The van der Waals surface area contributed by atoms with Crippen LogP contribution in [0.4, 0.5) is 11.4 Å². The molecule has 0 atom stereocenters. The van der Waals surface area contributed by atoms with E-state index >= 15 is 0 Å². The van der Waals surface area contributed by atoms with Crippen LogP contribution in [0.25, 0.3) is 0 Å². The predicted molar refractivity (Wildman–Crippen MR) is 93.3 cm³/mol. The highest BCUT2D eigenvalue weighted by Gasteiger charge is 2.26. The smallest absolute Gasteiger partial charge is 0.292 e. The molecule has 1 aromatic carbocycles. The fourth-order valence-electron chi connectivity index (χ4n) is 2.94. The monoisotopic (exact) mass is 341 g/mol. The summed E-state index contributed by atoms with van der Waals surface area (Å²) in [4.78, 5) is 31.2. The molecule has 1 fully saturated rings. The normalized spacial score (nSPS) is 14.4. The maximum Gasteiger partial charge on any atom is 0.292 e. The van der Waals surface area contributed by atoms with Crippen LogP contribution in [0.1, 0.15) is 16.1 Å². The molecule has 3 rings (SSSR count). The summed E-state index contributed by atoms with van der Waals surface area (Å²) in [5.41, 5.74) is 7.48. The highest BCUT2D eigenvalue weighted by molar-refractivity contribution is 5.94. The lowest BCUT2D eigenvalue weighted by atomic mass is 10.1. The van der Waals surface area contributed by atoms with Crippen LogP contribution in [0, 0.1) is 10.1 Å². The summed E-state index contributed by atoms with van der Waals surface area (Å²) >= 11 is 0. The van der Waals surface area contributed by atoms with Gasteiger partial charge in [-0.2, -0.15) is 0 Å². The fourth-order valence-corrected chi connectivity index (χ4v) is 2.94. The molecule has 130 valence electrons.